The van der Waals surface area contributed by atoms with Gasteiger partial charge in [0.25, 0.3) is 5.56 Å². The second-order valence-corrected chi connectivity index (χ2v) is 11.6. The van der Waals surface area contributed by atoms with E-state index in [1.165, 1.54) is 0 Å². The maximum absolute atomic E-state index is 13.5. The molecule has 2 aliphatic rings. The number of alkyl halides is 3. The lowest BCUT2D eigenvalue weighted by Gasteiger charge is -2.33. The van der Waals surface area contributed by atoms with Crippen molar-refractivity contribution in [3.05, 3.63) is 68.2 Å². The van der Waals surface area contributed by atoms with Crippen LogP contribution in [0.1, 0.15) is 41.9 Å². The van der Waals surface area contributed by atoms with Gasteiger partial charge in [0.15, 0.2) is 0 Å². The van der Waals surface area contributed by atoms with Gasteiger partial charge in [0, 0.05) is 53.1 Å². The van der Waals surface area contributed by atoms with Gasteiger partial charge in [0.1, 0.15) is 12.2 Å². The Morgan fingerprint density at radius 3 is 2.71 bits per heavy atom. The smallest absolute Gasteiger partial charge is 0.343 e. The van der Waals surface area contributed by atoms with Crippen LogP contribution in [0.25, 0.3) is 21.9 Å². The molecule has 214 valence electrons. The van der Waals surface area contributed by atoms with Crippen molar-refractivity contribution in [3.63, 3.8) is 0 Å². The van der Waals surface area contributed by atoms with Crippen molar-refractivity contribution in [2.24, 2.45) is 5.92 Å². The molecule has 1 atom stereocenters. The van der Waals surface area contributed by atoms with E-state index in [2.05, 4.69) is 36.1 Å². The largest absolute Gasteiger partial charge is 0.406 e. The molecule has 0 unspecified atom stereocenters. The SMILES string of the molecule is O=C(C[C@@H]1Cc2cc(Br)c3[nH]ncc3c2CN(CC(F)(F)F)C1=O)N1CCC(c2cc3cccnc3[nH]c2=O)CC1. The summed E-state index contributed by atoms with van der Waals surface area (Å²) < 4.78 is 41.2. The van der Waals surface area contributed by atoms with Gasteiger partial charge in [0.05, 0.1) is 17.6 Å². The third-order valence-electron chi connectivity index (χ3n) is 8.09. The van der Waals surface area contributed by atoms with E-state index in [9.17, 15) is 27.6 Å². The zero-order valence-corrected chi connectivity index (χ0v) is 23.4. The quantitative estimate of drug-likeness (QED) is 0.346. The first-order valence-corrected chi connectivity index (χ1v) is 14.1. The Morgan fingerprint density at radius 2 is 1.95 bits per heavy atom. The minimum absolute atomic E-state index is 0.0456. The summed E-state index contributed by atoms with van der Waals surface area (Å²) in [6, 6.07) is 7.31. The number of nitrogens with one attached hydrogen (secondary N) is 2. The molecule has 2 N–H and O–H groups in total. The molecule has 1 saturated heterocycles. The summed E-state index contributed by atoms with van der Waals surface area (Å²) in [5, 5.41) is 8.34. The Kier molecular flexibility index (Phi) is 7.08. The number of likely N-dealkylation sites (tertiary alicyclic amines) is 1. The van der Waals surface area contributed by atoms with Crippen LogP contribution in [0.4, 0.5) is 13.2 Å². The molecule has 0 bridgehead atoms. The van der Waals surface area contributed by atoms with E-state index in [-0.39, 0.29) is 36.8 Å². The average molecular weight is 631 g/mol. The lowest BCUT2D eigenvalue weighted by atomic mass is 9.88. The maximum atomic E-state index is 13.5. The van der Waals surface area contributed by atoms with Crippen molar-refractivity contribution in [3.8, 4) is 0 Å². The molecule has 5 heterocycles. The fourth-order valence-corrected chi connectivity index (χ4v) is 6.65. The standard InChI is InChI=1S/C28H26BrF3N6O3/c29-22-10-17-8-18(27(41)38(14-28(30,31)32)13-21(17)20-12-34-36-24(20)22)11-23(39)37-6-3-15(4-7-37)19-9-16-2-1-5-33-25(16)35-26(19)40/h1-2,5,9-10,12,15,18H,3-4,6-8,11,13-14H2,(H,34,36)(H,33,35,40)/t18-/m0/s1. The Bertz CT molecular complexity index is 1710. The van der Waals surface area contributed by atoms with Crippen LogP contribution in [0.5, 0.6) is 0 Å². The van der Waals surface area contributed by atoms with Gasteiger partial charge in [0.2, 0.25) is 11.8 Å². The summed E-state index contributed by atoms with van der Waals surface area (Å²) in [4.78, 5) is 48.9. The van der Waals surface area contributed by atoms with Gasteiger partial charge in [-0.3, -0.25) is 19.5 Å². The minimum atomic E-state index is -4.59. The Hall–Kier alpha value is -3.74. The van der Waals surface area contributed by atoms with Gasteiger partial charge < -0.3 is 14.8 Å². The number of carbonyl (C=O) groups is 2. The number of halogens is 4. The Morgan fingerprint density at radius 1 is 1.17 bits per heavy atom. The normalized spacial score (nSPS) is 18.6. The van der Waals surface area contributed by atoms with Crippen molar-refractivity contribution in [1.29, 1.82) is 0 Å². The monoisotopic (exact) mass is 630 g/mol. The average Bonchev–Trinajstić information content (AvgIpc) is 3.39. The molecule has 1 aromatic carbocycles. The van der Waals surface area contributed by atoms with E-state index >= 15 is 0 Å². The van der Waals surface area contributed by atoms with E-state index in [0.717, 1.165) is 10.3 Å². The number of amides is 2. The van der Waals surface area contributed by atoms with E-state index < -0.39 is 24.5 Å². The predicted molar refractivity (Wildman–Crippen MR) is 148 cm³/mol. The van der Waals surface area contributed by atoms with Gasteiger partial charge in [-0.15, -0.1) is 0 Å². The molecule has 0 spiro atoms. The molecule has 0 aliphatic carbocycles. The highest BCUT2D eigenvalue weighted by Gasteiger charge is 2.39. The number of H-pyrrole nitrogens is 2. The number of hydrogen-bond donors (Lipinski definition) is 2. The van der Waals surface area contributed by atoms with Crippen molar-refractivity contribution in [1.82, 2.24) is 30.0 Å². The van der Waals surface area contributed by atoms with Crippen molar-refractivity contribution in [2.75, 3.05) is 19.6 Å². The van der Waals surface area contributed by atoms with Crippen molar-refractivity contribution >= 4 is 49.7 Å². The van der Waals surface area contributed by atoms with E-state index in [1.54, 1.807) is 29.4 Å². The molecule has 6 rings (SSSR count). The van der Waals surface area contributed by atoms with Crippen molar-refractivity contribution < 1.29 is 22.8 Å². The lowest BCUT2D eigenvalue weighted by Crippen LogP contribution is -2.44. The molecule has 2 amide bonds. The number of rotatable bonds is 4. The summed E-state index contributed by atoms with van der Waals surface area (Å²) in [6.45, 7) is -0.840. The number of benzene rings is 1. The van der Waals surface area contributed by atoms with E-state index in [4.69, 9.17) is 0 Å². The first-order chi connectivity index (χ1) is 19.6. The molecule has 9 nitrogen and oxygen atoms in total. The first-order valence-electron chi connectivity index (χ1n) is 13.3. The molecule has 13 heteroatoms. The van der Waals surface area contributed by atoms with Crippen molar-refractivity contribution in [2.45, 2.75) is 44.3 Å². The van der Waals surface area contributed by atoms with Crippen LogP contribution in [0.3, 0.4) is 0 Å². The van der Waals surface area contributed by atoms with Gasteiger partial charge in [-0.05, 0) is 76.5 Å². The van der Waals surface area contributed by atoms with Crippen LogP contribution in [0.15, 0.2) is 45.9 Å². The summed E-state index contributed by atoms with van der Waals surface area (Å²) in [7, 11) is 0. The fourth-order valence-electron chi connectivity index (χ4n) is 6.08. The molecule has 0 radical (unpaired) electrons. The van der Waals surface area contributed by atoms with Gasteiger partial charge >= 0.3 is 6.18 Å². The Labute approximate surface area is 240 Å². The molecular formula is C28H26BrF3N6O3. The zero-order valence-electron chi connectivity index (χ0n) is 21.8. The topological polar surface area (TPSA) is 115 Å². The predicted octanol–water partition coefficient (Wildman–Crippen LogP) is 4.42. The summed E-state index contributed by atoms with van der Waals surface area (Å²) in [5.41, 5.74) is 2.91. The number of pyridine rings is 2. The molecule has 41 heavy (non-hydrogen) atoms. The summed E-state index contributed by atoms with van der Waals surface area (Å²) in [6.07, 6.45) is -0.355. The maximum Gasteiger partial charge on any atom is 0.406 e. The van der Waals surface area contributed by atoms with Gasteiger partial charge in [-0.25, -0.2) is 4.98 Å². The van der Waals surface area contributed by atoms with E-state index in [0.29, 0.717) is 63.6 Å². The third kappa shape index (κ3) is 5.46. The van der Waals surface area contributed by atoms with Crippen LogP contribution >= 0.6 is 15.9 Å². The highest BCUT2D eigenvalue weighted by atomic mass is 79.9. The molecule has 0 saturated carbocycles. The van der Waals surface area contributed by atoms with E-state index in [1.807, 2.05) is 12.1 Å². The molecule has 4 aromatic rings. The molecule has 1 fully saturated rings. The first kappa shape index (κ1) is 27.4. The second kappa shape index (κ2) is 10.6. The highest BCUT2D eigenvalue weighted by Crippen LogP contribution is 2.36. The van der Waals surface area contributed by atoms with Gasteiger partial charge in [-0.1, -0.05) is 0 Å². The number of aromatic amines is 2. The van der Waals surface area contributed by atoms with Crippen LogP contribution in [-0.4, -0.2) is 67.6 Å². The second-order valence-electron chi connectivity index (χ2n) is 10.7. The number of piperidine rings is 1. The number of fused-ring (bicyclic) bond motifs is 4. The van der Waals surface area contributed by atoms with Crippen LogP contribution in [-0.2, 0) is 22.6 Å². The van der Waals surface area contributed by atoms with Gasteiger partial charge in [-0.2, -0.15) is 18.3 Å². The summed E-state index contributed by atoms with van der Waals surface area (Å²) in [5.74, 6) is -1.95. The molecule has 2 aliphatic heterocycles. The molecule has 3 aromatic heterocycles. The third-order valence-corrected chi connectivity index (χ3v) is 8.72. The number of hydrogen-bond acceptors (Lipinski definition) is 5. The number of carbonyl (C=O) groups excluding carboxylic acids is 2. The van der Waals surface area contributed by atoms with Crippen LogP contribution in [0.2, 0.25) is 0 Å². The highest BCUT2D eigenvalue weighted by molar-refractivity contribution is 9.10. The lowest BCUT2D eigenvalue weighted by molar-refractivity contribution is -0.165. The van der Waals surface area contributed by atoms with Crippen LogP contribution in [0, 0.1) is 5.92 Å². The number of nitrogens with zero attached hydrogens (tertiary/aromatic N) is 4. The zero-order chi connectivity index (χ0) is 28.9. The fraction of sp³-hybridized carbons (Fsp3) is 0.393. The van der Waals surface area contributed by atoms with Crippen LogP contribution < -0.4 is 5.56 Å². The number of aromatic nitrogens is 4. The Balaban J connectivity index is 1.20. The molecular weight excluding hydrogens is 605 g/mol. The summed E-state index contributed by atoms with van der Waals surface area (Å²) >= 11 is 3.48. The minimum Gasteiger partial charge on any atom is -0.343 e.